The number of benzene rings is 1. The van der Waals surface area contributed by atoms with Gasteiger partial charge in [-0.25, -0.2) is 9.59 Å². The fraction of sp³-hybridized carbons (Fsp3) is 0.211. The van der Waals surface area contributed by atoms with Crippen molar-refractivity contribution in [1.29, 1.82) is 0 Å². The molecule has 0 saturated carbocycles. The molecule has 0 aliphatic carbocycles. The Labute approximate surface area is 164 Å². The molecule has 2 heterocycles. The lowest BCUT2D eigenvalue weighted by atomic mass is 9.95. The van der Waals surface area contributed by atoms with Gasteiger partial charge in [0.15, 0.2) is 0 Å². The number of rotatable bonds is 6. The number of hydrogen-bond donors (Lipinski definition) is 2. The molecule has 0 saturated heterocycles. The lowest BCUT2D eigenvalue weighted by Crippen LogP contribution is -2.47. The van der Waals surface area contributed by atoms with Gasteiger partial charge in [-0.2, -0.15) is 0 Å². The number of nitrogens with one attached hydrogen (secondary N) is 2. The minimum atomic E-state index is -0.798. The van der Waals surface area contributed by atoms with Crippen LogP contribution >= 0.6 is 0 Å². The van der Waals surface area contributed by atoms with Gasteiger partial charge in [0.25, 0.3) is 11.2 Å². The quantitative estimate of drug-likeness (QED) is 0.432. The summed E-state index contributed by atoms with van der Waals surface area (Å²) in [6.45, 7) is 1.52. The molecule has 1 aliphatic heterocycles. The van der Waals surface area contributed by atoms with Crippen LogP contribution in [0.15, 0.2) is 64.7 Å². The Morgan fingerprint density at radius 2 is 1.93 bits per heavy atom. The first-order valence-corrected chi connectivity index (χ1v) is 8.78. The Hall–Kier alpha value is -3.95. The van der Waals surface area contributed by atoms with Gasteiger partial charge in [0.1, 0.15) is 0 Å². The number of urea groups is 1. The average Bonchev–Trinajstić information content (AvgIpc) is 2.69. The number of nitrogens with zero attached hydrogens (tertiary/aromatic N) is 2. The summed E-state index contributed by atoms with van der Waals surface area (Å²) in [5, 5.41) is 16.2. The fourth-order valence-electron chi connectivity index (χ4n) is 3.01. The number of allylic oxidation sites excluding steroid dienone is 1. The summed E-state index contributed by atoms with van der Waals surface area (Å²) in [6.07, 6.45) is 1.06. The summed E-state index contributed by atoms with van der Waals surface area (Å²) in [5.41, 5.74) is 0.0899. The number of ether oxygens (including phenoxy) is 1. The molecule has 1 aromatic heterocycles. The van der Waals surface area contributed by atoms with E-state index in [-0.39, 0.29) is 30.1 Å². The lowest BCUT2D eigenvalue weighted by molar-refractivity contribution is -0.385. The summed E-state index contributed by atoms with van der Waals surface area (Å²) < 4.78 is 6.20. The van der Waals surface area contributed by atoms with Crippen LogP contribution in [-0.4, -0.2) is 28.1 Å². The first kappa shape index (κ1) is 19.8. The van der Waals surface area contributed by atoms with Crippen LogP contribution in [-0.2, 0) is 16.1 Å². The Morgan fingerprint density at radius 3 is 2.59 bits per heavy atom. The minimum Gasteiger partial charge on any atom is -0.463 e. The van der Waals surface area contributed by atoms with Crippen molar-refractivity contribution in [3.63, 3.8) is 0 Å². The van der Waals surface area contributed by atoms with E-state index in [0.29, 0.717) is 5.56 Å². The maximum absolute atomic E-state index is 12.7. The molecule has 2 amide bonds. The van der Waals surface area contributed by atoms with Crippen LogP contribution < -0.4 is 16.2 Å². The van der Waals surface area contributed by atoms with Crippen LogP contribution in [0.2, 0.25) is 0 Å². The van der Waals surface area contributed by atoms with Crippen LogP contribution in [0.5, 0.6) is 0 Å². The topological polar surface area (TPSA) is 133 Å². The zero-order chi connectivity index (χ0) is 21.0. The molecule has 150 valence electrons. The molecular weight excluding hydrogens is 380 g/mol. The number of carbonyl (C=O) groups excluding carboxylic acids is 2. The number of nitro groups is 1. The van der Waals surface area contributed by atoms with Crippen molar-refractivity contribution < 1.29 is 19.2 Å². The molecule has 29 heavy (non-hydrogen) atoms. The van der Waals surface area contributed by atoms with E-state index in [1.54, 1.807) is 37.3 Å². The van der Waals surface area contributed by atoms with Crippen molar-refractivity contribution in [3.05, 3.63) is 86.0 Å². The van der Waals surface area contributed by atoms with Gasteiger partial charge in [-0.1, -0.05) is 30.3 Å². The third-order valence-electron chi connectivity index (χ3n) is 4.29. The largest absolute Gasteiger partial charge is 0.463 e. The fourth-order valence-corrected chi connectivity index (χ4v) is 3.01. The highest BCUT2D eigenvalue weighted by molar-refractivity contribution is 5.95. The number of carbonyl (C=O) groups is 2. The molecular formula is C19H18N4O6. The van der Waals surface area contributed by atoms with Crippen molar-refractivity contribution >= 4 is 17.7 Å². The third kappa shape index (κ3) is 4.32. The van der Waals surface area contributed by atoms with Gasteiger partial charge < -0.3 is 19.9 Å². The van der Waals surface area contributed by atoms with E-state index in [9.17, 15) is 24.5 Å². The molecule has 0 fully saturated rings. The first-order valence-electron chi connectivity index (χ1n) is 8.78. The van der Waals surface area contributed by atoms with Gasteiger partial charge in [-0.3, -0.25) is 14.9 Å². The lowest BCUT2D eigenvalue weighted by Gasteiger charge is -2.29. The molecule has 2 N–H and O–H groups in total. The number of aromatic nitrogens is 1. The Morgan fingerprint density at radius 1 is 1.21 bits per heavy atom. The first-order chi connectivity index (χ1) is 13.9. The predicted molar refractivity (Wildman–Crippen MR) is 102 cm³/mol. The van der Waals surface area contributed by atoms with Crippen molar-refractivity contribution in [2.24, 2.45) is 0 Å². The highest BCUT2D eigenvalue weighted by Crippen LogP contribution is 2.28. The van der Waals surface area contributed by atoms with Crippen molar-refractivity contribution in [2.75, 3.05) is 6.61 Å². The van der Waals surface area contributed by atoms with Crippen LogP contribution in [0.25, 0.3) is 0 Å². The highest BCUT2D eigenvalue weighted by Gasteiger charge is 2.33. The zero-order valence-electron chi connectivity index (χ0n) is 15.5. The van der Waals surface area contributed by atoms with Crippen LogP contribution in [0.4, 0.5) is 10.5 Å². The Kier molecular flexibility index (Phi) is 5.72. The van der Waals surface area contributed by atoms with Gasteiger partial charge in [0, 0.05) is 12.1 Å². The second-order valence-electron chi connectivity index (χ2n) is 6.17. The predicted octanol–water partition coefficient (Wildman–Crippen LogP) is 1.63. The molecule has 0 bridgehead atoms. The summed E-state index contributed by atoms with van der Waals surface area (Å²) in [6, 6.07) is 9.58. The van der Waals surface area contributed by atoms with Crippen LogP contribution in [0, 0.1) is 10.1 Å². The molecule has 10 heteroatoms. The highest BCUT2D eigenvalue weighted by atomic mass is 16.6. The number of pyridine rings is 1. The second kappa shape index (κ2) is 8.38. The normalized spacial score (nSPS) is 16.0. The maximum atomic E-state index is 12.7. The molecule has 3 rings (SSSR count). The smallest absolute Gasteiger partial charge is 0.338 e. The van der Waals surface area contributed by atoms with Crippen LogP contribution in [0.1, 0.15) is 18.5 Å². The molecule has 0 radical (unpaired) electrons. The number of amides is 2. The van der Waals surface area contributed by atoms with Crippen molar-refractivity contribution in [2.45, 2.75) is 19.5 Å². The van der Waals surface area contributed by atoms with Gasteiger partial charge in [0.05, 0.1) is 41.6 Å². The maximum Gasteiger partial charge on any atom is 0.338 e. The van der Waals surface area contributed by atoms with E-state index in [1.165, 1.54) is 0 Å². The van der Waals surface area contributed by atoms with E-state index in [4.69, 9.17) is 4.74 Å². The number of hydrogen-bond acceptors (Lipinski definition) is 6. The zero-order valence-corrected chi connectivity index (χ0v) is 15.5. The summed E-state index contributed by atoms with van der Waals surface area (Å²) in [4.78, 5) is 47.5. The van der Waals surface area contributed by atoms with Crippen LogP contribution in [0.3, 0.4) is 0 Å². The summed E-state index contributed by atoms with van der Waals surface area (Å²) >= 11 is 0. The van der Waals surface area contributed by atoms with E-state index >= 15 is 0 Å². The van der Waals surface area contributed by atoms with Crippen molar-refractivity contribution in [3.8, 4) is 0 Å². The van der Waals surface area contributed by atoms with Gasteiger partial charge in [-0.05, 0) is 12.5 Å². The summed E-state index contributed by atoms with van der Waals surface area (Å²) in [7, 11) is 0. The average molecular weight is 398 g/mol. The summed E-state index contributed by atoms with van der Waals surface area (Å²) in [5.74, 6) is -0.665. The second-order valence-corrected chi connectivity index (χ2v) is 6.17. The molecule has 1 aliphatic rings. The Bertz CT molecular complexity index is 1040. The molecule has 0 spiro atoms. The van der Waals surface area contributed by atoms with Gasteiger partial charge >= 0.3 is 12.0 Å². The monoisotopic (exact) mass is 398 g/mol. The van der Waals surface area contributed by atoms with Gasteiger partial charge in [0.2, 0.25) is 0 Å². The molecule has 0 unspecified atom stereocenters. The van der Waals surface area contributed by atoms with E-state index in [0.717, 1.165) is 22.9 Å². The third-order valence-corrected chi connectivity index (χ3v) is 4.29. The molecule has 2 aromatic rings. The molecule has 1 aromatic carbocycles. The van der Waals surface area contributed by atoms with Crippen molar-refractivity contribution in [1.82, 2.24) is 15.2 Å². The van der Waals surface area contributed by atoms with E-state index < -0.39 is 28.5 Å². The van der Waals surface area contributed by atoms with Gasteiger partial charge in [-0.15, -0.1) is 0 Å². The SMILES string of the molecule is CCOC(=O)C1=C(Cn2cc([N+](=O)[O-])ccc2=O)NC(=O)N[C@@H]1c1ccccc1. The van der Waals surface area contributed by atoms with E-state index in [2.05, 4.69) is 10.6 Å². The molecule has 10 nitrogen and oxygen atoms in total. The number of esters is 1. The standard InChI is InChI=1S/C19H18N4O6/c1-2-29-18(25)16-14(11-22-10-13(23(27)28)8-9-15(22)24)20-19(26)21-17(16)12-6-4-3-5-7-12/h3-10,17H,2,11H2,1H3,(H2,20,21,26)/t17-/m1/s1. The Balaban J connectivity index is 2.11. The van der Waals surface area contributed by atoms with E-state index in [1.807, 2.05) is 0 Å². The minimum absolute atomic E-state index is 0.113. The molecule has 1 atom stereocenters.